The van der Waals surface area contributed by atoms with Crippen LogP contribution in [0.1, 0.15) is 31.7 Å². The highest BCUT2D eigenvalue weighted by molar-refractivity contribution is 5.93. The Morgan fingerprint density at radius 1 is 1.33 bits per heavy atom. The van der Waals surface area contributed by atoms with E-state index in [1.807, 2.05) is 12.1 Å². The summed E-state index contributed by atoms with van der Waals surface area (Å²) >= 11 is 0. The van der Waals surface area contributed by atoms with Crippen LogP contribution in [0.2, 0.25) is 0 Å². The number of halogens is 1. The first kappa shape index (κ1) is 19.9. The number of amides is 1. The van der Waals surface area contributed by atoms with Gasteiger partial charge in [-0.2, -0.15) is 0 Å². The van der Waals surface area contributed by atoms with Crippen LogP contribution in [0.15, 0.2) is 24.3 Å². The van der Waals surface area contributed by atoms with E-state index in [0.717, 1.165) is 12.1 Å². The van der Waals surface area contributed by atoms with Crippen molar-refractivity contribution in [3.8, 4) is 0 Å². The number of unbranched alkanes of at least 4 members (excludes halogenated alkanes) is 1. The molecule has 1 atom stereocenters. The van der Waals surface area contributed by atoms with Gasteiger partial charge in [-0.3, -0.25) is 4.79 Å². The molecule has 120 valence electrons. The van der Waals surface area contributed by atoms with Crippen molar-refractivity contribution < 1.29 is 9.53 Å². The van der Waals surface area contributed by atoms with E-state index in [1.165, 1.54) is 18.4 Å². The van der Waals surface area contributed by atoms with Crippen LogP contribution in [0.3, 0.4) is 0 Å². The van der Waals surface area contributed by atoms with Crippen LogP contribution in [0.5, 0.6) is 0 Å². The van der Waals surface area contributed by atoms with Gasteiger partial charge in [0.2, 0.25) is 5.91 Å². The third-order valence-electron chi connectivity index (χ3n) is 3.52. The minimum atomic E-state index is -0.214. The van der Waals surface area contributed by atoms with E-state index in [1.54, 1.807) is 19.1 Å². The molecule has 5 heteroatoms. The van der Waals surface area contributed by atoms with Crippen molar-refractivity contribution in [2.45, 2.75) is 38.7 Å². The fraction of sp³-hybridized carbons (Fsp3) is 0.562. The second kappa shape index (κ2) is 10.6. The summed E-state index contributed by atoms with van der Waals surface area (Å²) in [5.41, 5.74) is 7.76. The summed E-state index contributed by atoms with van der Waals surface area (Å²) in [6, 6.07) is 8.16. The van der Waals surface area contributed by atoms with E-state index in [4.69, 9.17) is 10.5 Å². The molecule has 0 aliphatic heterocycles. The molecule has 21 heavy (non-hydrogen) atoms. The van der Waals surface area contributed by atoms with Crippen LogP contribution in [-0.4, -0.2) is 32.7 Å². The average molecular weight is 315 g/mol. The van der Waals surface area contributed by atoms with Crippen LogP contribution < -0.4 is 10.6 Å². The van der Waals surface area contributed by atoms with Gasteiger partial charge in [0.1, 0.15) is 0 Å². The van der Waals surface area contributed by atoms with E-state index in [2.05, 4.69) is 19.1 Å². The number of ether oxygens (including phenoxy) is 1. The molecule has 4 nitrogen and oxygen atoms in total. The molecular formula is C16H27ClN2O2. The highest BCUT2D eigenvalue weighted by Gasteiger charge is 2.16. The van der Waals surface area contributed by atoms with Gasteiger partial charge in [0.05, 0.1) is 12.5 Å². The molecule has 0 aliphatic carbocycles. The monoisotopic (exact) mass is 314 g/mol. The zero-order valence-electron chi connectivity index (χ0n) is 13.2. The van der Waals surface area contributed by atoms with Gasteiger partial charge in [-0.05, 0) is 30.5 Å². The third-order valence-corrected chi connectivity index (χ3v) is 3.52. The van der Waals surface area contributed by atoms with Gasteiger partial charge in [0.25, 0.3) is 0 Å². The fourth-order valence-electron chi connectivity index (χ4n) is 2.01. The number of aryl methyl sites for hydroxylation is 1. The molecule has 0 spiro atoms. The van der Waals surface area contributed by atoms with Gasteiger partial charge < -0.3 is 15.4 Å². The molecule has 0 saturated carbocycles. The van der Waals surface area contributed by atoms with E-state index < -0.39 is 0 Å². The van der Waals surface area contributed by atoms with Crippen LogP contribution in [0.4, 0.5) is 5.69 Å². The Bertz CT molecular complexity index is 405. The first-order valence-corrected chi connectivity index (χ1v) is 7.20. The summed E-state index contributed by atoms with van der Waals surface area (Å²) in [7, 11) is 3.36. The Morgan fingerprint density at radius 3 is 2.43 bits per heavy atom. The Kier molecular flexibility index (Phi) is 10.0. The third kappa shape index (κ3) is 6.46. The molecular weight excluding hydrogens is 288 g/mol. The highest BCUT2D eigenvalue weighted by atomic mass is 35.5. The van der Waals surface area contributed by atoms with Gasteiger partial charge in [-0.1, -0.05) is 25.5 Å². The predicted molar refractivity (Wildman–Crippen MR) is 90.2 cm³/mol. The first-order valence-electron chi connectivity index (χ1n) is 7.20. The normalized spacial score (nSPS) is 11.6. The molecule has 1 aromatic carbocycles. The lowest BCUT2D eigenvalue weighted by molar-refractivity contribution is -0.120. The van der Waals surface area contributed by atoms with Gasteiger partial charge in [-0.15, -0.1) is 12.4 Å². The molecule has 0 aliphatic rings. The summed E-state index contributed by atoms with van der Waals surface area (Å²) in [6.07, 6.45) is 3.57. The minimum absolute atomic E-state index is 0. The Labute approximate surface area is 134 Å². The number of benzene rings is 1. The van der Waals surface area contributed by atoms with Crippen molar-refractivity contribution in [1.29, 1.82) is 0 Å². The lowest BCUT2D eigenvalue weighted by Crippen LogP contribution is -2.33. The van der Waals surface area contributed by atoms with E-state index in [-0.39, 0.29) is 24.4 Å². The maximum absolute atomic E-state index is 12.1. The highest BCUT2D eigenvalue weighted by Crippen LogP contribution is 2.16. The molecule has 0 aromatic heterocycles. The lowest BCUT2D eigenvalue weighted by Gasteiger charge is -2.20. The molecule has 0 bridgehead atoms. The molecule has 1 unspecified atom stereocenters. The molecule has 1 rings (SSSR count). The minimum Gasteiger partial charge on any atom is -0.380 e. The zero-order valence-corrected chi connectivity index (χ0v) is 14.0. The van der Waals surface area contributed by atoms with Gasteiger partial charge in [0, 0.05) is 26.4 Å². The molecule has 1 amide bonds. The quantitative estimate of drug-likeness (QED) is 0.802. The number of nitrogens with zero attached hydrogens (tertiary/aromatic N) is 1. The molecule has 1 aromatic rings. The van der Waals surface area contributed by atoms with Crippen molar-refractivity contribution in [3.63, 3.8) is 0 Å². The second-order valence-corrected chi connectivity index (χ2v) is 5.02. The summed E-state index contributed by atoms with van der Waals surface area (Å²) in [6.45, 7) is 2.54. The number of carbonyl (C=O) groups is 1. The zero-order chi connectivity index (χ0) is 15.0. The number of hydrogen-bond donors (Lipinski definition) is 1. The molecule has 2 N–H and O–H groups in total. The summed E-state index contributed by atoms with van der Waals surface area (Å²) in [5.74, 6) is 0.0172. The average Bonchev–Trinajstić information content (AvgIpc) is 2.50. The number of anilines is 1. The van der Waals surface area contributed by atoms with Crippen molar-refractivity contribution in [3.05, 3.63) is 29.8 Å². The van der Waals surface area contributed by atoms with Gasteiger partial charge in [0.15, 0.2) is 0 Å². The van der Waals surface area contributed by atoms with Crippen LogP contribution in [0, 0.1) is 0 Å². The smallest absolute Gasteiger partial charge is 0.229 e. The van der Waals surface area contributed by atoms with Crippen molar-refractivity contribution in [2.75, 3.05) is 25.6 Å². The SMILES string of the molecule is CCCCc1ccc(N(C)C(=O)CC(CN)OC)cc1.Cl. The largest absolute Gasteiger partial charge is 0.380 e. The summed E-state index contributed by atoms with van der Waals surface area (Å²) in [4.78, 5) is 13.8. The van der Waals surface area contributed by atoms with E-state index in [0.29, 0.717) is 13.0 Å². The lowest BCUT2D eigenvalue weighted by atomic mass is 10.1. The molecule has 0 saturated heterocycles. The van der Waals surface area contributed by atoms with Crippen LogP contribution in [0.25, 0.3) is 0 Å². The van der Waals surface area contributed by atoms with Crippen molar-refractivity contribution in [1.82, 2.24) is 0 Å². The Balaban J connectivity index is 0.00000400. The standard InChI is InChI=1S/C16H26N2O2.ClH/c1-4-5-6-13-7-9-14(10-8-13)18(2)16(19)11-15(12-17)20-3;/h7-10,15H,4-6,11-12,17H2,1-3H3;1H. The van der Waals surface area contributed by atoms with E-state index in [9.17, 15) is 4.79 Å². The van der Waals surface area contributed by atoms with Gasteiger partial charge in [-0.25, -0.2) is 0 Å². The number of carbonyl (C=O) groups excluding carboxylic acids is 1. The number of hydrogen-bond acceptors (Lipinski definition) is 3. The number of nitrogens with two attached hydrogens (primary N) is 1. The topological polar surface area (TPSA) is 55.6 Å². The second-order valence-electron chi connectivity index (χ2n) is 5.02. The van der Waals surface area contributed by atoms with E-state index >= 15 is 0 Å². The maximum atomic E-state index is 12.1. The summed E-state index contributed by atoms with van der Waals surface area (Å²) < 4.78 is 5.15. The first-order chi connectivity index (χ1) is 9.62. The molecule has 0 fully saturated rings. The van der Waals surface area contributed by atoms with Gasteiger partial charge >= 0.3 is 0 Å². The van der Waals surface area contributed by atoms with Crippen molar-refractivity contribution in [2.24, 2.45) is 5.73 Å². The molecule has 0 heterocycles. The molecule has 0 radical (unpaired) electrons. The summed E-state index contributed by atoms with van der Waals surface area (Å²) in [5, 5.41) is 0. The maximum Gasteiger partial charge on any atom is 0.229 e. The fourth-order valence-corrected chi connectivity index (χ4v) is 2.01. The van der Waals surface area contributed by atoms with Crippen molar-refractivity contribution >= 4 is 24.0 Å². The number of methoxy groups -OCH3 is 1. The van der Waals surface area contributed by atoms with Crippen LogP contribution in [-0.2, 0) is 16.0 Å². The predicted octanol–water partition coefficient (Wildman–Crippen LogP) is 2.78. The number of rotatable bonds is 8. The van der Waals surface area contributed by atoms with Crippen LogP contribution >= 0.6 is 12.4 Å². The Hall–Kier alpha value is -1.10. The Morgan fingerprint density at radius 2 is 1.95 bits per heavy atom.